The molecule has 2 aromatic carbocycles. The van der Waals surface area contributed by atoms with Gasteiger partial charge in [-0.05, 0) is 61.2 Å². The van der Waals surface area contributed by atoms with E-state index in [4.69, 9.17) is 16.3 Å². The van der Waals surface area contributed by atoms with Gasteiger partial charge in [0.2, 0.25) is 0 Å². The van der Waals surface area contributed by atoms with Gasteiger partial charge in [0.15, 0.2) is 0 Å². The Labute approximate surface area is 135 Å². The summed E-state index contributed by atoms with van der Waals surface area (Å²) in [6.07, 6.45) is 0.391. The van der Waals surface area contributed by atoms with Crippen LogP contribution in [0.4, 0.5) is 0 Å². The predicted molar refractivity (Wildman–Crippen MR) is 87.9 cm³/mol. The van der Waals surface area contributed by atoms with Crippen LogP contribution in [0, 0.1) is 13.8 Å². The number of hydrogen-bond donors (Lipinski definition) is 1. The van der Waals surface area contributed by atoms with E-state index in [0.717, 1.165) is 11.3 Å². The van der Waals surface area contributed by atoms with Crippen LogP contribution in [-0.4, -0.2) is 17.7 Å². The van der Waals surface area contributed by atoms with Crippen molar-refractivity contribution in [3.05, 3.63) is 64.2 Å². The maximum Gasteiger partial charge on any atom is 0.311 e. The molecule has 0 aliphatic heterocycles. The Kier molecular flexibility index (Phi) is 5.45. The molecule has 0 amide bonds. The Balaban J connectivity index is 2.00. The van der Waals surface area contributed by atoms with Crippen molar-refractivity contribution in [1.29, 1.82) is 0 Å². The SMILES string of the molecule is Cc1ccc(OCCC(C(=O)O)c2cccc(Cl)c2)cc1C. The van der Waals surface area contributed by atoms with Crippen LogP contribution >= 0.6 is 11.6 Å². The second kappa shape index (κ2) is 7.32. The van der Waals surface area contributed by atoms with Gasteiger partial charge in [-0.3, -0.25) is 4.79 Å². The minimum absolute atomic E-state index is 0.339. The van der Waals surface area contributed by atoms with Crippen molar-refractivity contribution in [2.24, 2.45) is 0 Å². The number of aryl methyl sites for hydroxylation is 2. The second-order valence-electron chi connectivity index (χ2n) is 5.33. The molecule has 0 aliphatic rings. The standard InChI is InChI=1S/C18H19ClO3/c1-12-6-7-16(10-13(12)2)22-9-8-17(18(20)21)14-4-3-5-15(19)11-14/h3-7,10-11,17H,8-9H2,1-2H3,(H,20,21). The highest BCUT2D eigenvalue weighted by atomic mass is 35.5. The topological polar surface area (TPSA) is 46.5 Å². The zero-order valence-electron chi connectivity index (χ0n) is 12.7. The molecule has 0 bridgehead atoms. The summed E-state index contributed by atoms with van der Waals surface area (Å²) in [5.74, 6) is -0.727. The number of benzene rings is 2. The van der Waals surface area contributed by atoms with Gasteiger partial charge in [-0.15, -0.1) is 0 Å². The van der Waals surface area contributed by atoms with E-state index in [1.807, 2.05) is 32.0 Å². The monoisotopic (exact) mass is 318 g/mol. The van der Waals surface area contributed by atoms with Gasteiger partial charge in [-0.1, -0.05) is 29.8 Å². The molecule has 0 radical (unpaired) electrons. The Bertz CT molecular complexity index is 667. The van der Waals surface area contributed by atoms with Crippen molar-refractivity contribution < 1.29 is 14.6 Å². The van der Waals surface area contributed by atoms with Gasteiger partial charge >= 0.3 is 5.97 Å². The Morgan fingerprint density at radius 1 is 1.18 bits per heavy atom. The van der Waals surface area contributed by atoms with Crippen molar-refractivity contribution in [2.75, 3.05) is 6.61 Å². The summed E-state index contributed by atoms with van der Waals surface area (Å²) in [7, 11) is 0. The number of carboxylic acids is 1. The molecule has 1 unspecified atom stereocenters. The number of halogens is 1. The lowest BCUT2D eigenvalue weighted by Crippen LogP contribution is -2.15. The minimum Gasteiger partial charge on any atom is -0.494 e. The van der Waals surface area contributed by atoms with Crippen LogP contribution in [0.1, 0.15) is 29.0 Å². The van der Waals surface area contributed by atoms with E-state index in [1.54, 1.807) is 24.3 Å². The third-order valence-corrected chi connectivity index (χ3v) is 3.94. The van der Waals surface area contributed by atoms with Crippen molar-refractivity contribution in [1.82, 2.24) is 0 Å². The molecule has 2 aromatic rings. The summed E-state index contributed by atoms with van der Waals surface area (Å²) >= 11 is 5.93. The van der Waals surface area contributed by atoms with E-state index < -0.39 is 11.9 Å². The smallest absolute Gasteiger partial charge is 0.311 e. The zero-order chi connectivity index (χ0) is 16.1. The first-order valence-corrected chi connectivity index (χ1v) is 7.53. The van der Waals surface area contributed by atoms with E-state index in [9.17, 15) is 9.90 Å². The highest BCUT2D eigenvalue weighted by molar-refractivity contribution is 6.30. The number of carbonyl (C=O) groups is 1. The lowest BCUT2D eigenvalue weighted by Gasteiger charge is -2.14. The van der Waals surface area contributed by atoms with Crippen molar-refractivity contribution in [3.63, 3.8) is 0 Å². The van der Waals surface area contributed by atoms with E-state index in [2.05, 4.69) is 0 Å². The van der Waals surface area contributed by atoms with Gasteiger partial charge < -0.3 is 9.84 Å². The van der Waals surface area contributed by atoms with Crippen LogP contribution in [0.25, 0.3) is 0 Å². The van der Waals surface area contributed by atoms with Crippen LogP contribution < -0.4 is 4.74 Å². The van der Waals surface area contributed by atoms with Gasteiger partial charge in [0, 0.05) is 5.02 Å². The molecule has 22 heavy (non-hydrogen) atoms. The van der Waals surface area contributed by atoms with Crippen LogP contribution in [0.2, 0.25) is 5.02 Å². The predicted octanol–water partition coefficient (Wildman–Crippen LogP) is 4.59. The molecule has 0 saturated carbocycles. The lowest BCUT2D eigenvalue weighted by molar-refractivity contribution is -0.139. The largest absolute Gasteiger partial charge is 0.494 e. The molecule has 0 aliphatic carbocycles. The number of aliphatic carboxylic acids is 1. The molecule has 0 spiro atoms. The molecule has 1 N–H and O–H groups in total. The Morgan fingerprint density at radius 3 is 2.59 bits per heavy atom. The zero-order valence-corrected chi connectivity index (χ0v) is 13.4. The molecule has 0 fully saturated rings. The van der Waals surface area contributed by atoms with Crippen molar-refractivity contribution in [2.45, 2.75) is 26.2 Å². The summed E-state index contributed by atoms with van der Waals surface area (Å²) in [5, 5.41) is 9.94. The fraction of sp³-hybridized carbons (Fsp3) is 0.278. The highest BCUT2D eigenvalue weighted by Crippen LogP contribution is 2.24. The molecule has 0 saturated heterocycles. The Morgan fingerprint density at radius 2 is 1.95 bits per heavy atom. The maximum absolute atomic E-state index is 11.5. The molecule has 0 heterocycles. The third-order valence-electron chi connectivity index (χ3n) is 3.70. The average Bonchev–Trinajstić information content (AvgIpc) is 2.47. The average molecular weight is 319 g/mol. The van der Waals surface area contributed by atoms with Crippen LogP contribution in [0.5, 0.6) is 5.75 Å². The number of rotatable bonds is 6. The van der Waals surface area contributed by atoms with Crippen LogP contribution in [0.15, 0.2) is 42.5 Å². The molecular weight excluding hydrogens is 300 g/mol. The fourth-order valence-electron chi connectivity index (χ4n) is 2.25. The van der Waals surface area contributed by atoms with Gasteiger partial charge in [-0.2, -0.15) is 0 Å². The summed E-state index contributed by atoms with van der Waals surface area (Å²) in [5.41, 5.74) is 3.06. The van der Waals surface area contributed by atoms with Gasteiger partial charge in [0.05, 0.1) is 12.5 Å². The quantitative estimate of drug-likeness (QED) is 0.847. The van der Waals surface area contributed by atoms with Crippen LogP contribution in [0.3, 0.4) is 0 Å². The maximum atomic E-state index is 11.5. The fourth-order valence-corrected chi connectivity index (χ4v) is 2.45. The summed E-state index contributed by atoms with van der Waals surface area (Å²) in [6, 6.07) is 12.8. The lowest BCUT2D eigenvalue weighted by atomic mass is 9.96. The van der Waals surface area contributed by atoms with E-state index in [-0.39, 0.29) is 0 Å². The Hall–Kier alpha value is -2.00. The third kappa shape index (κ3) is 4.25. The van der Waals surface area contributed by atoms with Crippen LogP contribution in [-0.2, 0) is 4.79 Å². The number of ether oxygens (including phenoxy) is 1. The molecule has 2 rings (SSSR count). The van der Waals surface area contributed by atoms with Gasteiger partial charge in [-0.25, -0.2) is 0 Å². The molecule has 1 atom stereocenters. The highest BCUT2D eigenvalue weighted by Gasteiger charge is 2.20. The first kappa shape index (κ1) is 16.4. The van der Waals surface area contributed by atoms with Gasteiger partial charge in [0.25, 0.3) is 0 Å². The molecular formula is C18H19ClO3. The summed E-state index contributed by atoms with van der Waals surface area (Å²) in [6.45, 7) is 4.40. The van der Waals surface area contributed by atoms with Crippen molar-refractivity contribution >= 4 is 17.6 Å². The summed E-state index contributed by atoms with van der Waals surface area (Å²) < 4.78 is 5.68. The van der Waals surface area contributed by atoms with Crippen molar-refractivity contribution in [3.8, 4) is 5.75 Å². The summed E-state index contributed by atoms with van der Waals surface area (Å²) in [4.78, 5) is 11.5. The number of carboxylic acid groups (broad SMARTS) is 1. The first-order chi connectivity index (χ1) is 10.5. The van der Waals surface area contributed by atoms with E-state index >= 15 is 0 Å². The van der Waals surface area contributed by atoms with E-state index in [1.165, 1.54) is 5.56 Å². The second-order valence-corrected chi connectivity index (χ2v) is 5.77. The minimum atomic E-state index is -0.869. The van der Waals surface area contributed by atoms with E-state index in [0.29, 0.717) is 23.6 Å². The van der Waals surface area contributed by atoms with Gasteiger partial charge in [0.1, 0.15) is 5.75 Å². The molecule has 116 valence electrons. The number of hydrogen-bond acceptors (Lipinski definition) is 2. The molecule has 4 heteroatoms. The molecule has 0 aromatic heterocycles. The first-order valence-electron chi connectivity index (χ1n) is 7.15. The normalized spacial score (nSPS) is 12.0. The molecule has 3 nitrogen and oxygen atoms in total.